The monoisotopic (exact) mass is 420 g/mol. The highest BCUT2D eigenvalue weighted by Gasteiger charge is 2.31. The number of nitrogens with one attached hydrogen (secondary N) is 1. The molecule has 1 saturated heterocycles. The van der Waals surface area contributed by atoms with E-state index in [0.29, 0.717) is 5.56 Å². The smallest absolute Gasteiger partial charge is 0.256 e. The SMILES string of the molecule is Cc1sc(NC(=O)c2ccccc2)c([C@H](c2ccccn2)N2CCN(C)CC2)c1C. The molecular weight excluding hydrogens is 392 g/mol. The summed E-state index contributed by atoms with van der Waals surface area (Å²) in [6.45, 7) is 8.27. The standard InChI is InChI=1S/C24H28N4OS/c1-17-18(2)30-24(26-23(29)19-9-5-4-6-10-19)21(17)22(20-11-7-8-12-25-20)28-15-13-27(3)14-16-28/h4-12,22H,13-16H2,1-3H3,(H,26,29)/t22-/m0/s1. The van der Waals surface area contributed by atoms with Crippen molar-refractivity contribution in [2.75, 3.05) is 38.5 Å². The number of pyridine rings is 1. The number of carbonyl (C=O) groups is 1. The van der Waals surface area contributed by atoms with E-state index in [2.05, 4.69) is 42.1 Å². The van der Waals surface area contributed by atoms with Crippen molar-refractivity contribution in [3.8, 4) is 0 Å². The third-order valence-electron chi connectivity index (χ3n) is 5.84. The van der Waals surface area contributed by atoms with Crippen molar-refractivity contribution < 1.29 is 4.79 Å². The van der Waals surface area contributed by atoms with E-state index in [4.69, 9.17) is 4.98 Å². The Morgan fingerprint density at radius 1 is 1.03 bits per heavy atom. The van der Waals surface area contributed by atoms with Crippen molar-refractivity contribution in [2.45, 2.75) is 19.9 Å². The van der Waals surface area contributed by atoms with E-state index in [1.165, 1.54) is 16.0 Å². The number of carbonyl (C=O) groups excluding carboxylic acids is 1. The van der Waals surface area contributed by atoms with Gasteiger partial charge in [-0.05, 0) is 50.7 Å². The number of likely N-dealkylation sites (N-methyl/N-ethyl adjacent to an activating group) is 1. The molecule has 0 spiro atoms. The second-order valence-corrected chi connectivity index (χ2v) is 9.07. The first-order chi connectivity index (χ1) is 14.5. The molecule has 1 atom stereocenters. The summed E-state index contributed by atoms with van der Waals surface area (Å²) in [5.74, 6) is -0.0729. The molecule has 4 rings (SSSR count). The maximum absolute atomic E-state index is 12.9. The van der Waals surface area contributed by atoms with Crippen LogP contribution in [-0.2, 0) is 0 Å². The number of nitrogens with zero attached hydrogens (tertiary/aromatic N) is 3. The maximum atomic E-state index is 12.9. The zero-order valence-electron chi connectivity index (χ0n) is 17.8. The van der Waals surface area contributed by atoms with E-state index in [9.17, 15) is 4.79 Å². The molecule has 156 valence electrons. The number of benzene rings is 1. The zero-order valence-corrected chi connectivity index (χ0v) is 18.6. The minimum Gasteiger partial charge on any atom is -0.313 e. The molecule has 0 saturated carbocycles. The van der Waals surface area contributed by atoms with Crippen molar-refractivity contribution in [3.05, 3.63) is 82.0 Å². The molecule has 3 aromatic rings. The number of hydrogen-bond acceptors (Lipinski definition) is 5. The van der Waals surface area contributed by atoms with Gasteiger partial charge in [-0.25, -0.2) is 0 Å². The van der Waals surface area contributed by atoms with Crippen LogP contribution in [0.15, 0.2) is 54.7 Å². The molecule has 3 heterocycles. The highest BCUT2D eigenvalue weighted by molar-refractivity contribution is 7.16. The molecule has 1 aromatic carbocycles. The fourth-order valence-corrected chi connectivity index (χ4v) is 5.05. The molecule has 2 aromatic heterocycles. The van der Waals surface area contributed by atoms with Gasteiger partial charge in [0.2, 0.25) is 0 Å². The first kappa shape index (κ1) is 20.7. The third kappa shape index (κ3) is 4.31. The number of piperazine rings is 1. The predicted molar refractivity (Wildman–Crippen MR) is 123 cm³/mol. The lowest BCUT2D eigenvalue weighted by molar-refractivity contribution is 0.102. The van der Waals surface area contributed by atoms with Gasteiger partial charge in [-0.3, -0.25) is 14.7 Å². The number of amides is 1. The number of aryl methyl sites for hydroxylation is 1. The number of thiophene rings is 1. The molecule has 5 nitrogen and oxygen atoms in total. The van der Waals surface area contributed by atoms with Crippen LogP contribution in [0.5, 0.6) is 0 Å². The number of anilines is 1. The van der Waals surface area contributed by atoms with E-state index in [1.54, 1.807) is 11.3 Å². The Labute approximate surface area is 182 Å². The van der Waals surface area contributed by atoms with E-state index in [1.807, 2.05) is 48.7 Å². The molecule has 0 radical (unpaired) electrons. The van der Waals surface area contributed by atoms with Gasteiger partial charge in [0.15, 0.2) is 0 Å². The van der Waals surface area contributed by atoms with Crippen LogP contribution in [0, 0.1) is 13.8 Å². The largest absolute Gasteiger partial charge is 0.313 e. The van der Waals surface area contributed by atoms with E-state index in [-0.39, 0.29) is 11.9 Å². The van der Waals surface area contributed by atoms with E-state index < -0.39 is 0 Å². The summed E-state index contributed by atoms with van der Waals surface area (Å²) in [6.07, 6.45) is 1.86. The molecule has 1 amide bonds. The van der Waals surface area contributed by atoms with Crippen LogP contribution in [0.25, 0.3) is 0 Å². The molecule has 1 N–H and O–H groups in total. The van der Waals surface area contributed by atoms with Gasteiger partial charge >= 0.3 is 0 Å². The average Bonchev–Trinajstić information content (AvgIpc) is 3.04. The molecule has 1 aliphatic rings. The second-order valence-electron chi connectivity index (χ2n) is 7.84. The van der Waals surface area contributed by atoms with Gasteiger partial charge in [0.05, 0.1) is 11.7 Å². The number of hydrogen-bond donors (Lipinski definition) is 1. The van der Waals surface area contributed by atoms with Gasteiger partial charge in [0, 0.05) is 48.4 Å². The molecule has 0 aliphatic carbocycles. The minimum atomic E-state index is -0.0729. The predicted octanol–water partition coefficient (Wildman–Crippen LogP) is 4.35. The first-order valence-electron chi connectivity index (χ1n) is 10.3. The Balaban J connectivity index is 1.74. The Morgan fingerprint density at radius 3 is 2.40 bits per heavy atom. The lowest BCUT2D eigenvalue weighted by Gasteiger charge is -2.38. The van der Waals surface area contributed by atoms with Crippen LogP contribution in [-0.4, -0.2) is 53.9 Å². The molecule has 0 unspecified atom stereocenters. The number of aromatic nitrogens is 1. The van der Waals surface area contributed by atoms with Crippen molar-refractivity contribution >= 4 is 22.2 Å². The van der Waals surface area contributed by atoms with E-state index >= 15 is 0 Å². The van der Waals surface area contributed by atoms with Crippen LogP contribution in [0.3, 0.4) is 0 Å². The Morgan fingerprint density at radius 2 is 1.73 bits per heavy atom. The summed E-state index contributed by atoms with van der Waals surface area (Å²) < 4.78 is 0. The lowest BCUT2D eigenvalue weighted by Crippen LogP contribution is -2.46. The van der Waals surface area contributed by atoms with Crippen LogP contribution < -0.4 is 5.32 Å². The zero-order chi connectivity index (χ0) is 21.1. The fourth-order valence-electron chi connectivity index (χ4n) is 3.97. The van der Waals surface area contributed by atoms with Crippen molar-refractivity contribution in [1.29, 1.82) is 0 Å². The highest BCUT2D eigenvalue weighted by Crippen LogP contribution is 2.42. The average molecular weight is 421 g/mol. The summed E-state index contributed by atoms with van der Waals surface area (Å²) >= 11 is 1.65. The molecule has 6 heteroatoms. The summed E-state index contributed by atoms with van der Waals surface area (Å²) in [7, 11) is 2.17. The normalized spacial score (nSPS) is 16.4. The van der Waals surface area contributed by atoms with Gasteiger partial charge in [0.25, 0.3) is 5.91 Å². The van der Waals surface area contributed by atoms with Crippen molar-refractivity contribution in [2.24, 2.45) is 0 Å². The summed E-state index contributed by atoms with van der Waals surface area (Å²) in [5.41, 5.74) is 4.10. The quantitative estimate of drug-likeness (QED) is 0.667. The molecule has 30 heavy (non-hydrogen) atoms. The molecule has 0 bridgehead atoms. The second kappa shape index (κ2) is 9.08. The summed E-state index contributed by atoms with van der Waals surface area (Å²) in [6, 6.07) is 15.5. The molecule has 1 aliphatic heterocycles. The van der Waals surface area contributed by atoms with Crippen LogP contribution in [0.2, 0.25) is 0 Å². The van der Waals surface area contributed by atoms with Crippen LogP contribution >= 0.6 is 11.3 Å². The molecular formula is C24H28N4OS. The molecule has 1 fully saturated rings. The van der Waals surface area contributed by atoms with Crippen molar-refractivity contribution in [3.63, 3.8) is 0 Å². The minimum absolute atomic E-state index is 0.0240. The van der Waals surface area contributed by atoms with Gasteiger partial charge in [0.1, 0.15) is 5.00 Å². The van der Waals surface area contributed by atoms with Gasteiger partial charge in [-0.2, -0.15) is 0 Å². The maximum Gasteiger partial charge on any atom is 0.256 e. The van der Waals surface area contributed by atoms with Gasteiger partial charge in [-0.15, -0.1) is 11.3 Å². The Hall–Kier alpha value is -2.54. The lowest BCUT2D eigenvalue weighted by atomic mass is 9.97. The topological polar surface area (TPSA) is 48.5 Å². The van der Waals surface area contributed by atoms with E-state index in [0.717, 1.165) is 36.9 Å². The third-order valence-corrected chi connectivity index (χ3v) is 6.98. The Bertz CT molecular complexity index is 995. The summed E-state index contributed by atoms with van der Waals surface area (Å²) in [5, 5.41) is 4.13. The van der Waals surface area contributed by atoms with Crippen LogP contribution in [0.4, 0.5) is 5.00 Å². The van der Waals surface area contributed by atoms with Gasteiger partial charge < -0.3 is 10.2 Å². The highest BCUT2D eigenvalue weighted by atomic mass is 32.1. The number of rotatable bonds is 5. The summed E-state index contributed by atoms with van der Waals surface area (Å²) in [4.78, 5) is 23.7. The first-order valence-corrected chi connectivity index (χ1v) is 11.2. The van der Waals surface area contributed by atoms with Gasteiger partial charge in [-0.1, -0.05) is 24.3 Å². The fraction of sp³-hybridized carbons (Fsp3) is 0.333. The Kier molecular flexibility index (Phi) is 6.27. The van der Waals surface area contributed by atoms with Crippen LogP contribution in [0.1, 0.15) is 38.1 Å². The van der Waals surface area contributed by atoms with Crippen molar-refractivity contribution in [1.82, 2.24) is 14.8 Å².